The minimum absolute atomic E-state index is 0.0369. The summed E-state index contributed by atoms with van der Waals surface area (Å²) in [6, 6.07) is 1.98. The molecule has 0 fully saturated rings. The van der Waals surface area contributed by atoms with Crippen LogP contribution in [-0.2, 0) is 16.6 Å². The first-order valence-electron chi connectivity index (χ1n) is 7.62. The molecule has 0 aliphatic carbocycles. The van der Waals surface area contributed by atoms with Crippen LogP contribution in [0.25, 0.3) is 0 Å². The molecule has 5 nitrogen and oxygen atoms in total. The van der Waals surface area contributed by atoms with Crippen molar-refractivity contribution in [2.45, 2.75) is 64.6 Å². The molecule has 0 amide bonds. The molecule has 0 unspecified atom stereocenters. The lowest BCUT2D eigenvalue weighted by Crippen LogP contribution is -2.37. The number of aromatic nitrogens is 1. The first-order chi connectivity index (χ1) is 9.75. The average molecular weight is 315 g/mol. The van der Waals surface area contributed by atoms with E-state index < -0.39 is 10.0 Å². The third-order valence-corrected chi connectivity index (χ3v) is 5.49. The molecule has 1 N–H and O–H groups in total. The van der Waals surface area contributed by atoms with Gasteiger partial charge in [0.1, 0.15) is 4.90 Å². The summed E-state index contributed by atoms with van der Waals surface area (Å²) in [4.78, 5) is 0.392. The number of nitrogens with zero attached hydrogens (tertiary/aromatic N) is 2. The molecule has 122 valence electrons. The van der Waals surface area contributed by atoms with Crippen LogP contribution in [0.3, 0.4) is 0 Å². The van der Waals surface area contributed by atoms with E-state index in [1.54, 1.807) is 16.6 Å². The molecule has 0 radical (unpaired) electrons. The van der Waals surface area contributed by atoms with Crippen LogP contribution in [0.2, 0.25) is 0 Å². The van der Waals surface area contributed by atoms with Crippen molar-refractivity contribution in [3.8, 4) is 0 Å². The molecule has 6 heteroatoms. The van der Waals surface area contributed by atoms with Crippen molar-refractivity contribution in [2.24, 2.45) is 0 Å². The quantitative estimate of drug-likeness (QED) is 0.802. The minimum atomic E-state index is -3.43. The van der Waals surface area contributed by atoms with Crippen LogP contribution in [0.4, 0.5) is 0 Å². The molecule has 0 atom stereocenters. The van der Waals surface area contributed by atoms with E-state index in [1.165, 1.54) is 0 Å². The number of sulfonamides is 1. The smallest absolute Gasteiger partial charge is 0.244 e. The fraction of sp³-hybridized carbons (Fsp3) is 0.733. The van der Waals surface area contributed by atoms with Gasteiger partial charge in [-0.25, -0.2) is 8.42 Å². The van der Waals surface area contributed by atoms with Crippen LogP contribution < -0.4 is 5.32 Å². The minimum Gasteiger partial charge on any atom is -0.346 e. The Labute approximate surface area is 129 Å². The van der Waals surface area contributed by atoms with Gasteiger partial charge in [-0.1, -0.05) is 6.92 Å². The molecule has 0 bridgehead atoms. The highest BCUT2D eigenvalue weighted by atomic mass is 32.2. The zero-order chi connectivity index (χ0) is 16.2. The van der Waals surface area contributed by atoms with E-state index in [2.05, 4.69) is 19.2 Å². The molecule has 0 aliphatic heterocycles. The van der Waals surface area contributed by atoms with Crippen molar-refractivity contribution in [1.82, 2.24) is 14.2 Å². The van der Waals surface area contributed by atoms with Crippen molar-refractivity contribution < 1.29 is 8.42 Å². The lowest BCUT2D eigenvalue weighted by atomic mass is 10.3. The predicted octanol–water partition coefficient (Wildman–Crippen LogP) is 2.60. The van der Waals surface area contributed by atoms with Gasteiger partial charge in [-0.3, -0.25) is 0 Å². The number of nitrogens with one attached hydrogen (secondary N) is 1. The van der Waals surface area contributed by atoms with E-state index in [4.69, 9.17) is 0 Å². The summed E-state index contributed by atoms with van der Waals surface area (Å²) in [7, 11) is -1.57. The molecular formula is C15H29N3O2S. The van der Waals surface area contributed by atoms with Crippen LogP contribution >= 0.6 is 0 Å². The summed E-state index contributed by atoms with van der Waals surface area (Å²) in [5, 5.41) is 3.09. The summed E-state index contributed by atoms with van der Waals surface area (Å²) in [5.74, 6) is 0. The van der Waals surface area contributed by atoms with Gasteiger partial charge in [-0.2, -0.15) is 4.31 Å². The van der Waals surface area contributed by atoms with Crippen molar-refractivity contribution in [1.29, 1.82) is 0 Å². The maximum Gasteiger partial charge on any atom is 0.244 e. The summed E-state index contributed by atoms with van der Waals surface area (Å²) in [6.07, 6.45) is 2.57. The van der Waals surface area contributed by atoms with Gasteiger partial charge in [0.25, 0.3) is 0 Å². The second kappa shape index (κ2) is 7.42. The van der Waals surface area contributed by atoms with Gasteiger partial charge in [-0.15, -0.1) is 0 Å². The lowest BCUT2D eigenvalue weighted by Gasteiger charge is -2.24. The van der Waals surface area contributed by atoms with E-state index in [0.29, 0.717) is 18.0 Å². The van der Waals surface area contributed by atoms with Gasteiger partial charge < -0.3 is 9.88 Å². The Morgan fingerprint density at radius 1 is 1.29 bits per heavy atom. The van der Waals surface area contributed by atoms with E-state index in [0.717, 1.165) is 12.1 Å². The first-order valence-corrected chi connectivity index (χ1v) is 9.06. The normalized spacial score (nSPS) is 12.8. The Bertz CT molecular complexity index is 547. The van der Waals surface area contributed by atoms with Crippen molar-refractivity contribution in [2.75, 3.05) is 13.6 Å². The number of hydrogen-bond acceptors (Lipinski definition) is 3. The second-order valence-electron chi connectivity index (χ2n) is 5.91. The molecule has 0 saturated carbocycles. The number of rotatable bonds is 8. The summed E-state index contributed by atoms with van der Waals surface area (Å²) in [6.45, 7) is 11.2. The summed E-state index contributed by atoms with van der Waals surface area (Å²) in [5.41, 5.74) is 0.992. The van der Waals surface area contributed by atoms with Crippen molar-refractivity contribution in [3.63, 3.8) is 0 Å². The van der Waals surface area contributed by atoms with E-state index in [1.807, 2.05) is 32.4 Å². The molecule has 21 heavy (non-hydrogen) atoms. The topological polar surface area (TPSA) is 54.3 Å². The van der Waals surface area contributed by atoms with Gasteiger partial charge in [0.05, 0.1) is 0 Å². The van der Waals surface area contributed by atoms with Crippen LogP contribution in [0.15, 0.2) is 17.2 Å². The Kier molecular flexibility index (Phi) is 6.43. The molecule has 0 aliphatic rings. The zero-order valence-corrected chi connectivity index (χ0v) is 14.9. The summed E-state index contributed by atoms with van der Waals surface area (Å²) < 4.78 is 29.3. The Balaban J connectivity index is 3.27. The third kappa shape index (κ3) is 4.08. The van der Waals surface area contributed by atoms with Crippen LogP contribution in [0, 0.1) is 0 Å². The van der Waals surface area contributed by atoms with Gasteiger partial charge in [-0.05, 0) is 47.2 Å². The van der Waals surface area contributed by atoms with Crippen molar-refractivity contribution in [3.05, 3.63) is 18.0 Å². The Morgan fingerprint density at radius 2 is 1.90 bits per heavy atom. The van der Waals surface area contributed by atoms with Crippen LogP contribution in [0.1, 0.15) is 52.8 Å². The van der Waals surface area contributed by atoms with Gasteiger partial charge in [0.2, 0.25) is 10.0 Å². The predicted molar refractivity (Wildman–Crippen MR) is 86.9 cm³/mol. The molecule has 0 saturated heterocycles. The average Bonchev–Trinajstić information content (AvgIpc) is 2.80. The largest absolute Gasteiger partial charge is 0.346 e. The number of hydrogen-bond donors (Lipinski definition) is 1. The lowest BCUT2D eigenvalue weighted by molar-refractivity contribution is 0.354. The second-order valence-corrected chi connectivity index (χ2v) is 7.80. The maximum absolute atomic E-state index is 12.8. The van der Waals surface area contributed by atoms with Gasteiger partial charge in [0.15, 0.2) is 0 Å². The van der Waals surface area contributed by atoms with Crippen molar-refractivity contribution >= 4 is 10.0 Å². The van der Waals surface area contributed by atoms with E-state index >= 15 is 0 Å². The van der Waals surface area contributed by atoms with Crippen LogP contribution in [0.5, 0.6) is 0 Å². The monoisotopic (exact) mass is 315 g/mol. The highest BCUT2D eigenvalue weighted by Crippen LogP contribution is 2.23. The fourth-order valence-corrected chi connectivity index (χ4v) is 4.23. The van der Waals surface area contributed by atoms with Gasteiger partial charge in [0, 0.05) is 37.1 Å². The van der Waals surface area contributed by atoms with Crippen LogP contribution in [-0.4, -0.2) is 36.9 Å². The Morgan fingerprint density at radius 3 is 2.33 bits per heavy atom. The molecular weight excluding hydrogens is 286 g/mol. The zero-order valence-electron chi connectivity index (χ0n) is 14.0. The van der Waals surface area contributed by atoms with E-state index in [-0.39, 0.29) is 12.1 Å². The molecule has 1 aromatic heterocycles. The highest BCUT2D eigenvalue weighted by Gasteiger charge is 2.28. The fourth-order valence-electron chi connectivity index (χ4n) is 2.45. The standard InChI is InChI=1S/C15H29N3O2S/c1-7-8-18(13(4)5)21(19,20)15-9-14(10-16-6)17(11-15)12(2)3/h9,11-13,16H,7-8,10H2,1-6H3. The van der Waals surface area contributed by atoms with E-state index in [9.17, 15) is 8.42 Å². The maximum atomic E-state index is 12.8. The molecule has 0 aromatic carbocycles. The molecule has 1 aromatic rings. The van der Waals surface area contributed by atoms with Gasteiger partial charge >= 0.3 is 0 Å². The Hall–Kier alpha value is -0.850. The molecule has 1 rings (SSSR count). The SMILES string of the molecule is CCCN(C(C)C)S(=O)(=O)c1cc(CNC)n(C(C)C)c1. The highest BCUT2D eigenvalue weighted by molar-refractivity contribution is 7.89. The summed E-state index contributed by atoms with van der Waals surface area (Å²) >= 11 is 0. The third-order valence-electron chi connectivity index (χ3n) is 3.45. The molecule has 1 heterocycles. The molecule has 0 spiro atoms. The first kappa shape index (κ1) is 18.2.